The Morgan fingerprint density at radius 3 is 2.58 bits per heavy atom. The molecule has 0 aliphatic carbocycles. The monoisotopic (exact) mass is 292 g/mol. The fourth-order valence-electron chi connectivity index (χ4n) is 1.51. The molecule has 0 unspecified atom stereocenters. The Hall–Kier alpha value is -1.72. The van der Waals surface area contributed by atoms with E-state index in [1.807, 2.05) is 18.2 Å². The highest BCUT2D eigenvalue weighted by Gasteiger charge is 1.99. The van der Waals surface area contributed by atoms with Crippen LogP contribution < -0.4 is 10.6 Å². The van der Waals surface area contributed by atoms with E-state index in [9.17, 15) is 0 Å². The molecule has 0 atom stereocenters. The summed E-state index contributed by atoms with van der Waals surface area (Å²) in [6, 6.07) is 13.6. The second kappa shape index (κ2) is 7.01. The maximum Gasteiger partial charge on any atom is 0.172 e. The van der Waals surface area contributed by atoms with Crippen LogP contribution in [0, 0.1) is 0 Å². The predicted molar refractivity (Wildman–Crippen MR) is 81.4 cm³/mol. The zero-order valence-electron chi connectivity index (χ0n) is 10.1. The number of hydrogen-bond donors (Lipinski definition) is 2. The third-order valence-corrected chi connectivity index (χ3v) is 2.86. The molecule has 2 aromatic rings. The molecule has 0 aliphatic heterocycles. The van der Waals surface area contributed by atoms with Gasteiger partial charge >= 0.3 is 0 Å². The molecule has 0 spiro atoms. The Morgan fingerprint density at radius 2 is 1.89 bits per heavy atom. The highest BCUT2D eigenvalue weighted by molar-refractivity contribution is 7.80. The third kappa shape index (κ3) is 4.81. The van der Waals surface area contributed by atoms with Crippen molar-refractivity contribution in [3.63, 3.8) is 0 Å². The lowest BCUT2D eigenvalue weighted by atomic mass is 10.1. The molecule has 2 rings (SSSR count). The lowest BCUT2D eigenvalue weighted by Crippen LogP contribution is -2.30. The van der Waals surface area contributed by atoms with Crippen molar-refractivity contribution in [3.8, 4) is 0 Å². The lowest BCUT2D eigenvalue weighted by molar-refractivity contribution is 0.872. The van der Waals surface area contributed by atoms with Gasteiger partial charge in [0.2, 0.25) is 0 Å². The maximum absolute atomic E-state index is 5.65. The number of hydrogen-bond acceptors (Lipinski definition) is 3. The average molecular weight is 293 g/mol. The van der Waals surface area contributed by atoms with Crippen LogP contribution in [0.3, 0.4) is 0 Å². The standard InChI is InChI=1S/C13H13ClN4S/c14-11-6-7-12(18-17-11)16-13(19)15-9-8-10-4-2-1-3-5-10/h1-7H,8-9H2,(H2,15,16,18,19). The normalized spacial score (nSPS) is 9.95. The number of anilines is 1. The predicted octanol–water partition coefficient (Wildman–Crippen LogP) is 2.66. The van der Waals surface area contributed by atoms with E-state index in [0.29, 0.717) is 16.1 Å². The smallest absolute Gasteiger partial charge is 0.172 e. The molecule has 4 nitrogen and oxygen atoms in total. The van der Waals surface area contributed by atoms with Gasteiger partial charge in [-0.2, -0.15) is 0 Å². The first-order valence-electron chi connectivity index (χ1n) is 5.82. The largest absolute Gasteiger partial charge is 0.362 e. The minimum atomic E-state index is 0.355. The summed E-state index contributed by atoms with van der Waals surface area (Å²) < 4.78 is 0. The lowest BCUT2D eigenvalue weighted by Gasteiger charge is -2.09. The molecular weight excluding hydrogens is 280 g/mol. The number of nitrogens with zero attached hydrogens (tertiary/aromatic N) is 2. The van der Waals surface area contributed by atoms with E-state index >= 15 is 0 Å². The van der Waals surface area contributed by atoms with Gasteiger partial charge in [0.1, 0.15) is 0 Å². The van der Waals surface area contributed by atoms with Crippen molar-refractivity contribution in [2.75, 3.05) is 11.9 Å². The van der Waals surface area contributed by atoms with E-state index in [1.165, 1.54) is 5.56 Å². The molecule has 0 amide bonds. The van der Waals surface area contributed by atoms with Crippen molar-refractivity contribution < 1.29 is 0 Å². The number of halogens is 1. The number of benzene rings is 1. The van der Waals surface area contributed by atoms with Crippen molar-refractivity contribution in [1.29, 1.82) is 0 Å². The van der Waals surface area contributed by atoms with Crippen LogP contribution in [0.4, 0.5) is 5.82 Å². The van der Waals surface area contributed by atoms with E-state index in [4.69, 9.17) is 23.8 Å². The molecule has 0 saturated heterocycles. The quantitative estimate of drug-likeness (QED) is 0.849. The first kappa shape index (κ1) is 13.7. The van der Waals surface area contributed by atoms with Crippen LogP contribution in [0.5, 0.6) is 0 Å². The molecule has 6 heteroatoms. The fraction of sp³-hybridized carbons (Fsp3) is 0.154. The first-order chi connectivity index (χ1) is 9.24. The van der Waals surface area contributed by atoms with Crippen LogP contribution in [0.15, 0.2) is 42.5 Å². The molecule has 98 valence electrons. The molecule has 19 heavy (non-hydrogen) atoms. The van der Waals surface area contributed by atoms with Gasteiger partial charge in [0, 0.05) is 6.54 Å². The molecule has 0 aliphatic rings. The second-order valence-corrected chi connectivity index (χ2v) is 4.65. The Labute approximate surface area is 122 Å². The fourth-order valence-corrected chi connectivity index (χ4v) is 1.82. The summed E-state index contributed by atoms with van der Waals surface area (Å²) >= 11 is 10.8. The van der Waals surface area contributed by atoms with Gasteiger partial charge in [-0.25, -0.2) is 0 Å². The molecule has 2 N–H and O–H groups in total. The molecule has 0 fully saturated rings. The minimum Gasteiger partial charge on any atom is -0.362 e. The summed E-state index contributed by atoms with van der Waals surface area (Å²) in [5.74, 6) is 0.571. The van der Waals surface area contributed by atoms with E-state index in [2.05, 4.69) is 33.0 Å². The van der Waals surface area contributed by atoms with E-state index in [-0.39, 0.29) is 0 Å². The van der Waals surface area contributed by atoms with Gasteiger partial charge in [-0.3, -0.25) is 0 Å². The van der Waals surface area contributed by atoms with E-state index in [0.717, 1.165) is 13.0 Å². The van der Waals surface area contributed by atoms with Gasteiger partial charge < -0.3 is 10.6 Å². The van der Waals surface area contributed by atoms with Crippen molar-refractivity contribution in [3.05, 3.63) is 53.2 Å². The van der Waals surface area contributed by atoms with Gasteiger partial charge in [-0.1, -0.05) is 41.9 Å². The summed E-state index contributed by atoms with van der Waals surface area (Å²) in [5.41, 5.74) is 1.27. The molecule has 1 heterocycles. The SMILES string of the molecule is S=C(NCCc1ccccc1)Nc1ccc(Cl)nn1. The van der Waals surface area contributed by atoms with Crippen LogP contribution in [0.1, 0.15) is 5.56 Å². The molecule has 1 aromatic carbocycles. The number of nitrogens with one attached hydrogen (secondary N) is 2. The van der Waals surface area contributed by atoms with Gasteiger partial charge in [-0.15, -0.1) is 10.2 Å². The van der Waals surface area contributed by atoms with Crippen molar-refractivity contribution >= 4 is 34.7 Å². The third-order valence-electron chi connectivity index (χ3n) is 2.42. The highest BCUT2D eigenvalue weighted by Crippen LogP contribution is 2.05. The Bertz CT molecular complexity index is 530. The molecule has 1 aromatic heterocycles. The summed E-state index contributed by atoms with van der Waals surface area (Å²) in [4.78, 5) is 0. The average Bonchev–Trinajstić information content (AvgIpc) is 2.43. The Morgan fingerprint density at radius 1 is 1.11 bits per heavy atom. The Balaban J connectivity index is 1.74. The first-order valence-corrected chi connectivity index (χ1v) is 6.61. The van der Waals surface area contributed by atoms with Crippen molar-refractivity contribution in [1.82, 2.24) is 15.5 Å². The summed E-state index contributed by atoms with van der Waals surface area (Å²) in [5, 5.41) is 14.5. The van der Waals surface area contributed by atoms with E-state index < -0.39 is 0 Å². The number of rotatable bonds is 4. The van der Waals surface area contributed by atoms with Crippen LogP contribution in [0.2, 0.25) is 5.15 Å². The minimum absolute atomic E-state index is 0.355. The maximum atomic E-state index is 5.65. The van der Waals surface area contributed by atoms with Crippen LogP contribution in [0.25, 0.3) is 0 Å². The van der Waals surface area contributed by atoms with Gasteiger partial charge in [0.15, 0.2) is 16.1 Å². The topological polar surface area (TPSA) is 49.8 Å². The summed E-state index contributed by atoms with van der Waals surface area (Å²) in [7, 11) is 0. The molecule has 0 bridgehead atoms. The summed E-state index contributed by atoms with van der Waals surface area (Å²) in [6.07, 6.45) is 0.912. The number of thiocarbonyl (C=S) groups is 1. The molecule has 0 saturated carbocycles. The zero-order valence-corrected chi connectivity index (χ0v) is 11.7. The van der Waals surface area contributed by atoms with E-state index in [1.54, 1.807) is 12.1 Å². The van der Waals surface area contributed by atoms with Gasteiger partial charge in [0.05, 0.1) is 0 Å². The van der Waals surface area contributed by atoms with Gasteiger partial charge in [0.25, 0.3) is 0 Å². The molecule has 0 radical (unpaired) electrons. The van der Waals surface area contributed by atoms with Crippen molar-refractivity contribution in [2.24, 2.45) is 0 Å². The van der Waals surface area contributed by atoms with Gasteiger partial charge in [-0.05, 0) is 36.3 Å². The van der Waals surface area contributed by atoms with Crippen molar-refractivity contribution in [2.45, 2.75) is 6.42 Å². The number of aromatic nitrogens is 2. The van der Waals surface area contributed by atoms with Crippen LogP contribution >= 0.6 is 23.8 Å². The van der Waals surface area contributed by atoms with Crippen LogP contribution in [-0.4, -0.2) is 21.9 Å². The highest BCUT2D eigenvalue weighted by atomic mass is 35.5. The zero-order chi connectivity index (χ0) is 13.5. The summed E-state index contributed by atoms with van der Waals surface area (Å²) in [6.45, 7) is 0.761. The molecular formula is C13H13ClN4S. The Kier molecular flexibility index (Phi) is 5.06. The van der Waals surface area contributed by atoms with Crippen LogP contribution in [-0.2, 0) is 6.42 Å². The second-order valence-electron chi connectivity index (χ2n) is 3.86.